The van der Waals surface area contributed by atoms with Crippen LogP contribution in [0, 0.1) is 5.82 Å². The van der Waals surface area contributed by atoms with Gasteiger partial charge in [0.1, 0.15) is 17.3 Å². The monoisotopic (exact) mass is 327 g/mol. The van der Waals surface area contributed by atoms with Gasteiger partial charge >= 0.3 is 0 Å². The van der Waals surface area contributed by atoms with Crippen LogP contribution in [-0.2, 0) is 19.3 Å². The number of hydrogen-bond acceptors (Lipinski definition) is 3. The van der Waals surface area contributed by atoms with E-state index >= 15 is 0 Å². The number of hydrogen-bond donors (Lipinski definition) is 1. The number of amides is 1. The SMILES string of the molecule is O=C(NCCc1c2c(cc3c1OCC3)OCC2)c1cccc(F)c1. The second-order valence-electron chi connectivity index (χ2n) is 6.03. The molecule has 0 bridgehead atoms. The second kappa shape index (κ2) is 6.15. The van der Waals surface area contributed by atoms with E-state index in [-0.39, 0.29) is 5.91 Å². The van der Waals surface area contributed by atoms with Crippen molar-refractivity contribution in [1.82, 2.24) is 5.32 Å². The number of benzene rings is 2. The molecule has 1 N–H and O–H groups in total. The summed E-state index contributed by atoms with van der Waals surface area (Å²) in [5, 5.41) is 2.86. The van der Waals surface area contributed by atoms with Crippen LogP contribution < -0.4 is 14.8 Å². The van der Waals surface area contributed by atoms with Gasteiger partial charge in [0.15, 0.2) is 0 Å². The molecule has 2 heterocycles. The van der Waals surface area contributed by atoms with Crippen LogP contribution in [0.4, 0.5) is 4.39 Å². The van der Waals surface area contributed by atoms with E-state index in [9.17, 15) is 9.18 Å². The molecule has 0 fully saturated rings. The van der Waals surface area contributed by atoms with Gasteiger partial charge < -0.3 is 14.8 Å². The lowest BCUT2D eigenvalue weighted by atomic mass is 9.97. The maximum Gasteiger partial charge on any atom is 0.251 e. The number of halogens is 1. The molecule has 0 radical (unpaired) electrons. The van der Waals surface area contributed by atoms with Crippen molar-refractivity contribution in [2.75, 3.05) is 19.8 Å². The summed E-state index contributed by atoms with van der Waals surface area (Å²) in [7, 11) is 0. The van der Waals surface area contributed by atoms with Gasteiger partial charge in [-0.25, -0.2) is 4.39 Å². The topological polar surface area (TPSA) is 47.6 Å². The zero-order valence-electron chi connectivity index (χ0n) is 13.2. The van der Waals surface area contributed by atoms with Gasteiger partial charge in [0, 0.05) is 41.6 Å². The summed E-state index contributed by atoms with van der Waals surface area (Å²) in [6.07, 6.45) is 2.45. The highest BCUT2D eigenvalue weighted by Gasteiger charge is 2.26. The van der Waals surface area contributed by atoms with E-state index in [1.807, 2.05) is 0 Å². The normalized spacial score (nSPS) is 14.5. The van der Waals surface area contributed by atoms with Crippen molar-refractivity contribution in [3.8, 4) is 11.5 Å². The third-order valence-electron chi connectivity index (χ3n) is 4.51. The summed E-state index contributed by atoms with van der Waals surface area (Å²) >= 11 is 0. The van der Waals surface area contributed by atoms with Crippen LogP contribution in [0.1, 0.15) is 27.0 Å². The predicted molar refractivity (Wildman–Crippen MR) is 87.3 cm³/mol. The Morgan fingerprint density at radius 2 is 2.04 bits per heavy atom. The Hall–Kier alpha value is -2.56. The van der Waals surface area contributed by atoms with Gasteiger partial charge in [0.05, 0.1) is 13.2 Å². The Balaban J connectivity index is 1.48. The lowest BCUT2D eigenvalue weighted by molar-refractivity contribution is 0.0953. The number of carbonyl (C=O) groups is 1. The van der Waals surface area contributed by atoms with Crippen LogP contribution in [0.5, 0.6) is 11.5 Å². The molecule has 2 aromatic rings. The molecule has 124 valence electrons. The fourth-order valence-electron chi connectivity index (χ4n) is 3.38. The summed E-state index contributed by atoms with van der Waals surface area (Å²) in [4.78, 5) is 12.1. The van der Waals surface area contributed by atoms with Gasteiger partial charge in [-0.05, 0) is 30.7 Å². The molecule has 1 amide bonds. The first kappa shape index (κ1) is 15.0. The molecule has 0 saturated carbocycles. The van der Waals surface area contributed by atoms with Crippen LogP contribution >= 0.6 is 0 Å². The van der Waals surface area contributed by atoms with Crippen molar-refractivity contribution in [2.45, 2.75) is 19.3 Å². The van der Waals surface area contributed by atoms with Gasteiger partial charge in [-0.3, -0.25) is 4.79 Å². The Labute approximate surface area is 139 Å². The summed E-state index contributed by atoms with van der Waals surface area (Å²) in [6, 6.07) is 7.79. The quantitative estimate of drug-likeness (QED) is 0.939. The number of ether oxygens (including phenoxy) is 2. The number of carbonyl (C=O) groups excluding carboxylic acids is 1. The summed E-state index contributed by atoms with van der Waals surface area (Å²) in [5.41, 5.74) is 3.84. The molecule has 0 unspecified atom stereocenters. The van der Waals surface area contributed by atoms with Gasteiger partial charge in [0.25, 0.3) is 5.91 Å². The fourth-order valence-corrected chi connectivity index (χ4v) is 3.38. The van der Waals surface area contributed by atoms with Crippen molar-refractivity contribution in [1.29, 1.82) is 0 Å². The predicted octanol–water partition coefficient (Wildman–Crippen LogP) is 2.67. The second-order valence-corrected chi connectivity index (χ2v) is 6.03. The molecule has 2 aliphatic heterocycles. The van der Waals surface area contributed by atoms with E-state index in [1.54, 1.807) is 6.07 Å². The number of nitrogens with one attached hydrogen (secondary N) is 1. The summed E-state index contributed by atoms with van der Waals surface area (Å²) in [6.45, 7) is 1.86. The molecule has 2 aromatic carbocycles. The molecule has 5 heteroatoms. The summed E-state index contributed by atoms with van der Waals surface area (Å²) < 4.78 is 24.7. The van der Waals surface area contributed by atoms with Crippen LogP contribution in [0.2, 0.25) is 0 Å². The van der Waals surface area contributed by atoms with Crippen molar-refractivity contribution in [2.24, 2.45) is 0 Å². The van der Waals surface area contributed by atoms with Crippen LogP contribution in [0.25, 0.3) is 0 Å². The molecule has 0 spiro atoms. The molecule has 2 aliphatic rings. The van der Waals surface area contributed by atoms with E-state index in [4.69, 9.17) is 9.47 Å². The minimum Gasteiger partial charge on any atom is -0.493 e. The van der Waals surface area contributed by atoms with Gasteiger partial charge in [0.2, 0.25) is 0 Å². The third-order valence-corrected chi connectivity index (χ3v) is 4.51. The molecular weight excluding hydrogens is 309 g/mol. The Morgan fingerprint density at radius 1 is 1.17 bits per heavy atom. The van der Waals surface area contributed by atoms with Gasteiger partial charge in [-0.1, -0.05) is 6.07 Å². The first-order valence-electron chi connectivity index (χ1n) is 8.19. The van der Waals surface area contributed by atoms with Crippen LogP contribution in [0.3, 0.4) is 0 Å². The molecule has 0 aromatic heterocycles. The molecule has 0 atom stereocenters. The first-order valence-corrected chi connectivity index (χ1v) is 8.19. The Bertz CT molecular complexity index is 771. The summed E-state index contributed by atoms with van der Waals surface area (Å²) in [5.74, 6) is 1.23. The number of fused-ring (bicyclic) bond motifs is 2. The van der Waals surface area contributed by atoms with E-state index in [1.165, 1.54) is 29.3 Å². The molecule has 0 saturated heterocycles. The van der Waals surface area contributed by atoms with Crippen LogP contribution in [-0.4, -0.2) is 25.7 Å². The Morgan fingerprint density at radius 3 is 2.92 bits per heavy atom. The molecular formula is C19H18FNO3. The minimum absolute atomic E-state index is 0.268. The zero-order chi connectivity index (χ0) is 16.5. The van der Waals surface area contributed by atoms with Crippen molar-refractivity contribution in [3.05, 3.63) is 58.4 Å². The smallest absolute Gasteiger partial charge is 0.251 e. The highest BCUT2D eigenvalue weighted by Crippen LogP contribution is 2.40. The molecule has 0 aliphatic carbocycles. The standard InChI is InChI=1S/C19H18FNO3/c20-14-3-1-2-13(10-14)19(22)21-7-4-16-15-6-9-23-17(15)11-12-5-8-24-18(12)16/h1-3,10-11H,4-9H2,(H,21,22). The average Bonchev–Trinajstić information content (AvgIpc) is 3.22. The van der Waals surface area contributed by atoms with Crippen molar-refractivity contribution < 1.29 is 18.7 Å². The van der Waals surface area contributed by atoms with Crippen molar-refractivity contribution in [3.63, 3.8) is 0 Å². The maximum atomic E-state index is 13.2. The lowest BCUT2D eigenvalue weighted by Gasteiger charge is -2.13. The zero-order valence-corrected chi connectivity index (χ0v) is 13.2. The first-order chi connectivity index (χ1) is 11.7. The molecule has 4 nitrogen and oxygen atoms in total. The van der Waals surface area contributed by atoms with E-state index in [0.29, 0.717) is 31.7 Å². The van der Waals surface area contributed by atoms with E-state index in [0.717, 1.165) is 29.9 Å². The van der Waals surface area contributed by atoms with Crippen molar-refractivity contribution >= 4 is 5.91 Å². The Kier molecular flexibility index (Phi) is 3.84. The number of rotatable bonds is 4. The third kappa shape index (κ3) is 2.70. The largest absolute Gasteiger partial charge is 0.493 e. The molecule has 4 rings (SSSR count). The highest BCUT2D eigenvalue weighted by molar-refractivity contribution is 5.94. The van der Waals surface area contributed by atoms with Gasteiger partial charge in [-0.15, -0.1) is 0 Å². The fraction of sp³-hybridized carbons (Fsp3) is 0.316. The maximum absolute atomic E-state index is 13.2. The van der Waals surface area contributed by atoms with Crippen LogP contribution in [0.15, 0.2) is 30.3 Å². The minimum atomic E-state index is -0.410. The lowest BCUT2D eigenvalue weighted by Crippen LogP contribution is -2.26. The van der Waals surface area contributed by atoms with Gasteiger partial charge in [-0.2, -0.15) is 0 Å². The average molecular weight is 327 g/mol. The molecule has 24 heavy (non-hydrogen) atoms. The van der Waals surface area contributed by atoms with E-state index < -0.39 is 5.82 Å². The van der Waals surface area contributed by atoms with E-state index in [2.05, 4.69) is 11.4 Å². The highest BCUT2D eigenvalue weighted by atomic mass is 19.1.